The Labute approximate surface area is 127 Å². The highest BCUT2D eigenvalue weighted by Crippen LogP contribution is 2.10. The molecule has 0 aromatic heterocycles. The normalized spacial score (nSPS) is 13.0. The second kappa shape index (κ2) is 8.11. The fraction of sp³-hybridized carbons (Fsp3) is 0.400. The number of aliphatic carboxylic acids is 1. The van der Waals surface area contributed by atoms with Gasteiger partial charge in [-0.05, 0) is 18.1 Å². The van der Waals surface area contributed by atoms with Crippen LogP contribution in [0.2, 0.25) is 0 Å². The van der Waals surface area contributed by atoms with Crippen LogP contribution >= 0.6 is 0 Å². The van der Waals surface area contributed by atoms with Gasteiger partial charge in [-0.1, -0.05) is 25.1 Å². The second-order valence-electron chi connectivity index (χ2n) is 4.86. The SMILES string of the molecule is CC[C@@H](NC(=O)[C@@H](Cc1ccccc1F)NC(C)=O)C(=O)O. The molecule has 3 N–H and O–H groups in total. The van der Waals surface area contributed by atoms with Gasteiger partial charge >= 0.3 is 5.97 Å². The van der Waals surface area contributed by atoms with Crippen molar-refractivity contribution >= 4 is 17.8 Å². The van der Waals surface area contributed by atoms with Gasteiger partial charge in [0.25, 0.3) is 0 Å². The quantitative estimate of drug-likeness (QED) is 0.696. The van der Waals surface area contributed by atoms with Crippen molar-refractivity contribution in [1.82, 2.24) is 10.6 Å². The van der Waals surface area contributed by atoms with E-state index in [0.717, 1.165) is 0 Å². The maximum atomic E-state index is 13.7. The molecule has 0 unspecified atom stereocenters. The summed E-state index contributed by atoms with van der Waals surface area (Å²) in [7, 11) is 0. The van der Waals surface area contributed by atoms with Gasteiger partial charge in [-0.25, -0.2) is 9.18 Å². The van der Waals surface area contributed by atoms with E-state index in [-0.39, 0.29) is 18.4 Å². The second-order valence-corrected chi connectivity index (χ2v) is 4.86. The number of carbonyl (C=O) groups is 3. The molecule has 0 radical (unpaired) electrons. The van der Waals surface area contributed by atoms with E-state index >= 15 is 0 Å². The Balaban J connectivity index is 2.88. The lowest BCUT2D eigenvalue weighted by Gasteiger charge is -2.20. The summed E-state index contributed by atoms with van der Waals surface area (Å²) in [6.45, 7) is 2.85. The fourth-order valence-electron chi connectivity index (χ4n) is 1.95. The van der Waals surface area contributed by atoms with Gasteiger partial charge < -0.3 is 15.7 Å². The van der Waals surface area contributed by atoms with Crippen LogP contribution in [0, 0.1) is 5.82 Å². The van der Waals surface area contributed by atoms with Gasteiger partial charge in [0.2, 0.25) is 11.8 Å². The van der Waals surface area contributed by atoms with E-state index in [1.807, 2.05) is 0 Å². The molecule has 6 nitrogen and oxygen atoms in total. The third-order valence-corrected chi connectivity index (χ3v) is 3.10. The summed E-state index contributed by atoms with van der Waals surface area (Å²) in [6.07, 6.45) is 0.141. The van der Waals surface area contributed by atoms with Crippen LogP contribution in [0.3, 0.4) is 0 Å². The summed E-state index contributed by atoms with van der Waals surface area (Å²) in [4.78, 5) is 34.3. The monoisotopic (exact) mass is 310 g/mol. The number of benzene rings is 1. The van der Waals surface area contributed by atoms with E-state index in [9.17, 15) is 18.8 Å². The van der Waals surface area contributed by atoms with Crippen molar-refractivity contribution in [2.45, 2.75) is 38.8 Å². The molecule has 1 aromatic rings. The first-order chi connectivity index (χ1) is 10.3. The van der Waals surface area contributed by atoms with Crippen LogP contribution in [0.25, 0.3) is 0 Å². The van der Waals surface area contributed by atoms with Crippen LogP contribution in [0.15, 0.2) is 24.3 Å². The lowest BCUT2D eigenvalue weighted by molar-refractivity contribution is -0.142. The minimum Gasteiger partial charge on any atom is -0.480 e. The average molecular weight is 310 g/mol. The highest BCUT2D eigenvalue weighted by atomic mass is 19.1. The Bertz CT molecular complexity index is 562. The third kappa shape index (κ3) is 5.16. The summed E-state index contributed by atoms with van der Waals surface area (Å²) in [5, 5.41) is 13.7. The van der Waals surface area contributed by atoms with Crippen LogP contribution < -0.4 is 10.6 Å². The molecule has 0 aliphatic carbocycles. The number of rotatable bonds is 7. The van der Waals surface area contributed by atoms with E-state index in [4.69, 9.17) is 5.11 Å². The van der Waals surface area contributed by atoms with E-state index in [1.165, 1.54) is 25.1 Å². The molecule has 1 rings (SSSR count). The zero-order valence-corrected chi connectivity index (χ0v) is 12.4. The average Bonchev–Trinajstić information content (AvgIpc) is 2.45. The highest BCUT2D eigenvalue weighted by molar-refractivity contribution is 5.90. The first-order valence-corrected chi connectivity index (χ1v) is 6.88. The molecular formula is C15H19FN2O4. The lowest BCUT2D eigenvalue weighted by Crippen LogP contribution is -2.52. The van der Waals surface area contributed by atoms with Crippen molar-refractivity contribution in [3.05, 3.63) is 35.6 Å². The van der Waals surface area contributed by atoms with Gasteiger partial charge in [0.1, 0.15) is 17.9 Å². The standard InChI is InChI=1S/C15H19FN2O4/c1-3-12(15(21)22)18-14(20)13(17-9(2)19)8-10-6-4-5-7-11(10)16/h4-7,12-13H,3,8H2,1-2H3,(H,17,19)(H,18,20)(H,21,22)/t12-,13-/m1/s1. The molecule has 0 aliphatic heterocycles. The van der Waals surface area contributed by atoms with Gasteiger partial charge in [0.15, 0.2) is 0 Å². The highest BCUT2D eigenvalue weighted by Gasteiger charge is 2.25. The first-order valence-electron chi connectivity index (χ1n) is 6.88. The van der Waals surface area contributed by atoms with E-state index < -0.39 is 35.7 Å². The Morgan fingerprint density at radius 1 is 1.18 bits per heavy atom. The van der Waals surface area contributed by atoms with Crippen molar-refractivity contribution in [2.24, 2.45) is 0 Å². The smallest absolute Gasteiger partial charge is 0.326 e. The van der Waals surface area contributed by atoms with Crippen LogP contribution in [0.4, 0.5) is 4.39 Å². The molecule has 0 fully saturated rings. The van der Waals surface area contributed by atoms with Crippen molar-refractivity contribution < 1.29 is 23.9 Å². The summed E-state index contributed by atoms with van der Waals surface area (Å²) >= 11 is 0. The largest absolute Gasteiger partial charge is 0.480 e. The zero-order chi connectivity index (χ0) is 16.7. The van der Waals surface area contributed by atoms with Crippen molar-refractivity contribution in [2.75, 3.05) is 0 Å². The summed E-state index contributed by atoms with van der Waals surface area (Å²) in [5.41, 5.74) is 0.264. The van der Waals surface area contributed by atoms with Gasteiger partial charge in [-0.15, -0.1) is 0 Å². The van der Waals surface area contributed by atoms with Crippen LogP contribution in [-0.4, -0.2) is 35.0 Å². The Hall–Kier alpha value is -2.44. The van der Waals surface area contributed by atoms with Crippen molar-refractivity contribution in [3.63, 3.8) is 0 Å². The fourth-order valence-corrected chi connectivity index (χ4v) is 1.95. The van der Waals surface area contributed by atoms with E-state index in [1.54, 1.807) is 13.0 Å². The topological polar surface area (TPSA) is 95.5 Å². The lowest BCUT2D eigenvalue weighted by atomic mass is 10.0. The van der Waals surface area contributed by atoms with E-state index in [0.29, 0.717) is 0 Å². The molecule has 22 heavy (non-hydrogen) atoms. The predicted molar refractivity (Wildman–Crippen MR) is 77.6 cm³/mol. The van der Waals surface area contributed by atoms with E-state index in [2.05, 4.69) is 10.6 Å². The molecular weight excluding hydrogens is 291 g/mol. The number of carboxylic acid groups (broad SMARTS) is 1. The van der Waals surface area contributed by atoms with Gasteiger partial charge in [-0.3, -0.25) is 9.59 Å². The van der Waals surface area contributed by atoms with Crippen LogP contribution in [0.5, 0.6) is 0 Å². The molecule has 7 heteroatoms. The third-order valence-electron chi connectivity index (χ3n) is 3.10. The number of amides is 2. The maximum Gasteiger partial charge on any atom is 0.326 e. The predicted octanol–water partition coefficient (Wildman–Crippen LogP) is 0.852. The number of nitrogens with one attached hydrogen (secondary N) is 2. The number of hydrogen-bond donors (Lipinski definition) is 3. The molecule has 2 amide bonds. The molecule has 2 atom stereocenters. The summed E-state index contributed by atoms with van der Waals surface area (Å²) < 4.78 is 13.7. The van der Waals surface area contributed by atoms with Gasteiger partial charge in [0, 0.05) is 13.3 Å². The molecule has 0 bridgehead atoms. The molecule has 0 heterocycles. The van der Waals surface area contributed by atoms with Crippen LogP contribution in [0.1, 0.15) is 25.8 Å². The molecule has 1 aromatic carbocycles. The molecule has 120 valence electrons. The van der Waals surface area contributed by atoms with Crippen molar-refractivity contribution in [3.8, 4) is 0 Å². The van der Waals surface area contributed by atoms with Gasteiger partial charge in [-0.2, -0.15) is 0 Å². The molecule has 0 aliphatic rings. The molecule has 0 spiro atoms. The first kappa shape index (κ1) is 17.6. The molecule has 0 saturated carbocycles. The number of carbonyl (C=O) groups excluding carboxylic acids is 2. The Morgan fingerprint density at radius 3 is 2.32 bits per heavy atom. The Morgan fingerprint density at radius 2 is 1.82 bits per heavy atom. The summed E-state index contributed by atoms with van der Waals surface area (Å²) in [6, 6.07) is 3.81. The zero-order valence-electron chi connectivity index (χ0n) is 12.4. The minimum absolute atomic E-state index is 0.0614. The van der Waals surface area contributed by atoms with Crippen molar-refractivity contribution in [1.29, 1.82) is 0 Å². The number of hydrogen-bond acceptors (Lipinski definition) is 3. The summed E-state index contributed by atoms with van der Waals surface area (Å²) in [5.74, 6) is -2.77. The van der Waals surface area contributed by atoms with Gasteiger partial charge in [0.05, 0.1) is 0 Å². The number of carboxylic acids is 1. The number of halogens is 1. The maximum absolute atomic E-state index is 13.7. The minimum atomic E-state index is -1.16. The van der Waals surface area contributed by atoms with Crippen LogP contribution in [-0.2, 0) is 20.8 Å². The molecule has 0 saturated heterocycles. The Kier molecular flexibility index (Phi) is 6.49.